The van der Waals surface area contributed by atoms with E-state index in [-0.39, 0.29) is 23.5 Å². The molecule has 0 bridgehead atoms. The fourth-order valence-corrected chi connectivity index (χ4v) is 4.78. The summed E-state index contributed by atoms with van der Waals surface area (Å²) in [5.74, 6) is 2.29. The molecule has 1 aliphatic carbocycles. The number of benzene rings is 2. The molecule has 2 atom stereocenters. The average Bonchev–Trinajstić information content (AvgIpc) is 3.54. The second-order valence-electron chi connectivity index (χ2n) is 9.53. The van der Waals surface area contributed by atoms with E-state index in [0.717, 1.165) is 28.0 Å². The topological polar surface area (TPSA) is 99.5 Å². The number of ether oxygens (including phenoxy) is 4. The number of methoxy groups -OCH3 is 3. The third-order valence-electron chi connectivity index (χ3n) is 6.87. The lowest BCUT2D eigenvalue weighted by Crippen LogP contribution is -2.25. The fraction of sp³-hybridized carbons (Fsp3) is 0.333. The molecule has 39 heavy (non-hydrogen) atoms. The van der Waals surface area contributed by atoms with Crippen molar-refractivity contribution in [1.82, 2.24) is 10.2 Å². The molecule has 2 unspecified atom stereocenters. The molecule has 206 valence electrons. The highest BCUT2D eigenvalue weighted by Gasteiger charge is 2.35. The maximum Gasteiger partial charge on any atom is 0.414 e. The molecule has 0 fully saturated rings. The Morgan fingerprint density at radius 3 is 2.33 bits per heavy atom. The summed E-state index contributed by atoms with van der Waals surface area (Å²) in [7, 11) is 7.85. The third kappa shape index (κ3) is 6.03. The highest BCUT2D eigenvalue weighted by Crippen LogP contribution is 2.50. The maximum atomic E-state index is 12.9. The number of fused-ring (bicyclic) bond motifs is 1. The van der Waals surface area contributed by atoms with Crippen molar-refractivity contribution in [3.05, 3.63) is 71.2 Å². The highest BCUT2D eigenvalue weighted by atomic mass is 16.6. The van der Waals surface area contributed by atoms with Crippen molar-refractivity contribution in [1.29, 1.82) is 0 Å². The standard InChI is InChI=1S/C30H34N2O7/c1-18-23(12-19-13-26(36-5)29(27(14-19)37-6)39-30(34)32(2)3)22-10-9-20(35-4)15-25(22)24(18)16-28(33)31-17-21-8-7-11-38-21/h7-15,18,24H,16-17H2,1-6H3,(H,31,33)/b23-12-. The summed E-state index contributed by atoms with van der Waals surface area (Å²) < 4.78 is 27.4. The number of nitrogens with one attached hydrogen (secondary N) is 1. The first kappa shape index (κ1) is 27.6. The molecular formula is C30H34N2O7. The van der Waals surface area contributed by atoms with Gasteiger partial charge in [0.25, 0.3) is 0 Å². The summed E-state index contributed by atoms with van der Waals surface area (Å²) in [5, 5.41) is 2.95. The molecule has 3 aromatic rings. The monoisotopic (exact) mass is 534 g/mol. The quantitative estimate of drug-likeness (QED) is 0.395. The van der Waals surface area contributed by atoms with Crippen LogP contribution in [0.15, 0.2) is 53.1 Å². The smallest absolute Gasteiger partial charge is 0.414 e. The molecule has 2 amide bonds. The van der Waals surface area contributed by atoms with Crippen LogP contribution in [0.4, 0.5) is 4.79 Å². The van der Waals surface area contributed by atoms with E-state index >= 15 is 0 Å². The lowest BCUT2D eigenvalue weighted by molar-refractivity contribution is -0.121. The molecule has 9 nitrogen and oxygen atoms in total. The van der Waals surface area contributed by atoms with Crippen LogP contribution >= 0.6 is 0 Å². The molecule has 2 aromatic carbocycles. The molecule has 1 N–H and O–H groups in total. The summed E-state index contributed by atoms with van der Waals surface area (Å²) in [6.45, 7) is 2.45. The third-order valence-corrected chi connectivity index (χ3v) is 6.87. The zero-order chi connectivity index (χ0) is 28.1. The molecule has 0 spiro atoms. The van der Waals surface area contributed by atoms with Crippen LogP contribution in [0.5, 0.6) is 23.0 Å². The van der Waals surface area contributed by atoms with E-state index in [4.69, 9.17) is 23.4 Å². The Hall–Kier alpha value is -4.40. The van der Waals surface area contributed by atoms with Gasteiger partial charge in [-0.15, -0.1) is 0 Å². The Balaban J connectivity index is 1.67. The summed E-state index contributed by atoms with van der Waals surface area (Å²) in [5.41, 5.74) is 3.98. The SMILES string of the molecule is COc1ccc2c(c1)C(CC(=O)NCc1ccco1)C(C)/C2=C/c1cc(OC)c(OC(=O)N(C)C)c(OC)c1. The largest absolute Gasteiger partial charge is 0.497 e. The van der Waals surface area contributed by atoms with Crippen molar-refractivity contribution in [2.45, 2.75) is 25.8 Å². The number of carbonyl (C=O) groups is 2. The van der Waals surface area contributed by atoms with Crippen LogP contribution in [0.25, 0.3) is 11.6 Å². The first-order valence-electron chi connectivity index (χ1n) is 12.6. The van der Waals surface area contributed by atoms with E-state index in [9.17, 15) is 9.59 Å². The fourth-order valence-electron chi connectivity index (χ4n) is 4.78. The number of hydrogen-bond acceptors (Lipinski definition) is 7. The number of allylic oxidation sites excluding steroid dienone is 1. The van der Waals surface area contributed by atoms with Gasteiger partial charge in [-0.25, -0.2) is 4.79 Å². The van der Waals surface area contributed by atoms with Crippen molar-refractivity contribution < 1.29 is 33.0 Å². The number of nitrogens with zero attached hydrogens (tertiary/aromatic N) is 1. The molecule has 1 heterocycles. The molecule has 1 aromatic heterocycles. The van der Waals surface area contributed by atoms with Crippen LogP contribution in [-0.4, -0.2) is 52.3 Å². The van der Waals surface area contributed by atoms with E-state index in [1.165, 1.54) is 19.1 Å². The lowest BCUT2D eigenvalue weighted by Gasteiger charge is -2.18. The molecule has 4 rings (SSSR count). The molecule has 0 radical (unpaired) electrons. The van der Waals surface area contributed by atoms with Crippen LogP contribution in [0.2, 0.25) is 0 Å². The second-order valence-corrected chi connectivity index (χ2v) is 9.53. The zero-order valence-electron chi connectivity index (χ0n) is 23.1. The van der Waals surface area contributed by atoms with Gasteiger partial charge in [0.1, 0.15) is 11.5 Å². The van der Waals surface area contributed by atoms with E-state index in [1.54, 1.807) is 45.7 Å². The van der Waals surface area contributed by atoms with Gasteiger partial charge in [-0.3, -0.25) is 4.79 Å². The predicted octanol–water partition coefficient (Wildman–Crippen LogP) is 5.35. The van der Waals surface area contributed by atoms with Crippen LogP contribution in [0.1, 0.15) is 41.7 Å². The van der Waals surface area contributed by atoms with Crippen LogP contribution in [-0.2, 0) is 11.3 Å². The van der Waals surface area contributed by atoms with Gasteiger partial charge >= 0.3 is 6.09 Å². The Morgan fingerprint density at radius 2 is 1.74 bits per heavy atom. The summed E-state index contributed by atoms with van der Waals surface area (Å²) in [6.07, 6.45) is 3.41. The van der Waals surface area contributed by atoms with Gasteiger partial charge in [-0.1, -0.05) is 19.1 Å². The van der Waals surface area contributed by atoms with Crippen LogP contribution < -0.4 is 24.3 Å². The predicted molar refractivity (Wildman–Crippen MR) is 147 cm³/mol. The Kier molecular flexibility index (Phi) is 8.49. The van der Waals surface area contributed by atoms with Gasteiger partial charge in [0.15, 0.2) is 11.5 Å². The van der Waals surface area contributed by atoms with Crippen molar-refractivity contribution in [2.75, 3.05) is 35.4 Å². The van der Waals surface area contributed by atoms with Gasteiger partial charge in [0.2, 0.25) is 11.7 Å². The molecule has 0 aliphatic heterocycles. The summed E-state index contributed by atoms with van der Waals surface area (Å²) >= 11 is 0. The lowest BCUT2D eigenvalue weighted by atomic mass is 9.88. The summed E-state index contributed by atoms with van der Waals surface area (Å²) in [4.78, 5) is 26.5. The van der Waals surface area contributed by atoms with Gasteiger partial charge in [0, 0.05) is 20.5 Å². The first-order valence-corrected chi connectivity index (χ1v) is 12.6. The highest BCUT2D eigenvalue weighted by molar-refractivity contribution is 5.90. The van der Waals surface area contributed by atoms with Gasteiger partial charge in [-0.2, -0.15) is 0 Å². The van der Waals surface area contributed by atoms with Crippen LogP contribution in [0.3, 0.4) is 0 Å². The van der Waals surface area contributed by atoms with Gasteiger partial charge < -0.3 is 33.6 Å². The number of furan rings is 1. The van der Waals surface area contributed by atoms with Crippen molar-refractivity contribution in [3.63, 3.8) is 0 Å². The first-order chi connectivity index (χ1) is 18.7. The molecule has 0 saturated carbocycles. The van der Waals surface area contributed by atoms with Gasteiger partial charge in [-0.05, 0) is 70.5 Å². The Labute approximate surface area is 228 Å². The molecule has 1 aliphatic rings. The number of carbonyl (C=O) groups excluding carboxylic acids is 2. The van der Waals surface area contributed by atoms with Gasteiger partial charge in [0.05, 0.1) is 34.1 Å². The normalized spacial score (nSPS) is 16.9. The van der Waals surface area contributed by atoms with Crippen molar-refractivity contribution in [2.24, 2.45) is 5.92 Å². The second kappa shape index (κ2) is 12.0. The minimum Gasteiger partial charge on any atom is -0.497 e. The summed E-state index contributed by atoms with van der Waals surface area (Å²) in [6, 6.07) is 13.2. The van der Waals surface area contributed by atoms with E-state index in [1.807, 2.05) is 24.3 Å². The maximum absolute atomic E-state index is 12.9. The Bertz CT molecular complexity index is 1340. The minimum atomic E-state index is -0.543. The number of amides is 2. The van der Waals surface area contributed by atoms with Crippen molar-refractivity contribution in [3.8, 4) is 23.0 Å². The minimum absolute atomic E-state index is 0.0321. The number of rotatable bonds is 9. The van der Waals surface area contributed by atoms with E-state index in [2.05, 4.69) is 18.3 Å². The van der Waals surface area contributed by atoms with E-state index in [0.29, 0.717) is 30.2 Å². The molecule has 9 heteroatoms. The van der Waals surface area contributed by atoms with Crippen molar-refractivity contribution >= 4 is 23.6 Å². The average molecular weight is 535 g/mol. The van der Waals surface area contributed by atoms with Crippen LogP contribution in [0, 0.1) is 5.92 Å². The zero-order valence-corrected chi connectivity index (χ0v) is 23.1. The molecular weight excluding hydrogens is 500 g/mol. The van der Waals surface area contributed by atoms with E-state index < -0.39 is 6.09 Å². The number of hydrogen-bond donors (Lipinski definition) is 1. The molecule has 0 saturated heterocycles. The Morgan fingerprint density at radius 1 is 1.03 bits per heavy atom.